The number of nitrogens with zero attached hydrogens (tertiary/aromatic N) is 3. The Hall–Kier alpha value is -1.85. The van der Waals surface area contributed by atoms with Crippen LogP contribution in [0.3, 0.4) is 0 Å². The van der Waals surface area contributed by atoms with Crippen molar-refractivity contribution in [3.05, 3.63) is 40.6 Å². The zero-order valence-electron chi connectivity index (χ0n) is 15.8. The van der Waals surface area contributed by atoms with Crippen molar-refractivity contribution in [3.8, 4) is 11.3 Å². The predicted octanol–water partition coefficient (Wildman–Crippen LogP) is 4.25. The van der Waals surface area contributed by atoms with Gasteiger partial charge in [-0.15, -0.1) is 0 Å². The summed E-state index contributed by atoms with van der Waals surface area (Å²) in [6.07, 6.45) is 1.96. The van der Waals surface area contributed by atoms with Gasteiger partial charge in [-0.3, -0.25) is 4.79 Å². The molecule has 0 spiro atoms. The van der Waals surface area contributed by atoms with Crippen LogP contribution in [-0.2, 0) is 0 Å². The SMILES string of the molecule is Cc1onc(-c2ccccc2Cl)c1C(=O)N(C)C1CCN(C(C)C)CC1. The number of hydrogen-bond acceptors (Lipinski definition) is 4. The third-order valence-corrected chi connectivity index (χ3v) is 5.63. The minimum absolute atomic E-state index is 0.0540. The van der Waals surface area contributed by atoms with E-state index in [1.54, 1.807) is 13.0 Å². The minimum atomic E-state index is -0.0540. The molecule has 1 amide bonds. The van der Waals surface area contributed by atoms with Crippen LogP contribution >= 0.6 is 11.6 Å². The quantitative estimate of drug-likeness (QED) is 0.801. The average Bonchev–Trinajstić information content (AvgIpc) is 3.02. The molecule has 0 radical (unpaired) electrons. The molecule has 26 heavy (non-hydrogen) atoms. The van der Waals surface area contributed by atoms with Crippen molar-refractivity contribution in [2.75, 3.05) is 20.1 Å². The highest BCUT2D eigenvalue weighted by Gasteiger charge is 2.31. The standard InChI is InChI=1S/C20H26ClN3O2/c1-13(2)24-11-9-15(10-12-24)23(4)20(25)18-14(3)26-22-19(18)16-7-5-6-8-17(16)21/h5-8,13,15H,9-12H2,1-4H3. The first-order valence-electron chi connectivity index (χ1n) is 9.12. The first kappa shape index (κ1) is 18.9. The van der Waals surface area contributed by atoms with Crippen LogP contribution < -0.4 is 0 Å². The fraction of sp³-hybridized carbons (Fsp3) is 0.500. The molecular formula is C20H26ClN3O2. The maximum atomic E-state index is 13.2. The highest BCUT2D eigenvalue weighted by molar-refractivity contribution is 6.33. The van der Waals surface area contributed by atoms with E-state index in [2.05, 4.69) is 23.9 Å². The molecule has 0 atom stereocenters. The number of amides is 1. The molecule has 1 aliphatic heterocycles. The van der Waals surface area contributed by atoms with Gasteiger partial charge >= 0.3 is 0 Å². The van der Waals surface area contributed by atoms with Crippen LogP contribution in [0.4, 0.5) is 0 Å². The summed E-state index contributed by atoms with van der Waals surface area (Å²) in [6.45, 7) is 8.23. The van der Waals surface area contributed by atoms with Crippen molar-refractivity contribution < 1.29 is 9.32 Å². The molecule has 2 aromatic rings. The lowest BCUT2D eigenvalue weighted by Gasteiger charge is -2.38. The van der Waals surface area contributed by atoms with E-state index < -0.39 is 0 Å². The highest BCUT2D eigenvalue weighted by atomic mass is 35.5. The van der Waals surface area contributed by atoms with Crippen molar-refractivity contribution in [1.82, 2.24) is 15.0 Å². The molecule has 0 unspecified atom stereocenters. The Balaban J connectivity index is 1.83. The van der Waals surface area contributed by atoms with E-state index >= 15 is 0 Å². The first-order valence-corrected chi connectivity index (χ1v) is 9.50. The van der Waals surface area contributed by atoms with Gasteiger partial charge in [-0.05, 0) is 39.7 Å². The molecule has 6 heteroatoms. The Morgan fingerprint density at radius 3 is 2.58 bits per heavy atom. The Morgan fingerprint density at radius 2 is 1.96 bits per heavy atom. The third-order valence-electron chi connectivity index (χ3n) is 5.30. The number of carbonyl (C=O) groups excluding carboxylic acids is 1. The van der Waals surface area contributed by atoms with E-state index in [4.69, 9.17) is 16.1 Å². The molecule has 0 saturated carbocycles. The Kier molecular flexibility index (Phi) is 5.68. The second-order valence-corrected chi connectivity index (χ2v) is 7.63. The van der Waals surface area contributed by atoms with Gasteiger partial charge in [0, 0.05) is 37.8 Å². The highest BCUT2D eigenvalue weighted by Crippen LogP contribution is 2.32. The molecule has 0 bridgehead atoms. The van der Waals surface area contributed by atoms with E-state index in [-0.39, 0.29) is 11.9 Å². The number of aryl methyl sites for hydroxylation is 1. The topological polar surface area (TPSA) is 49.6 Å². The summed E-state index contributed by atoms with van der Waals surface area (Å²) < 4.78 is 5.35. The molecule has 1 aromatic carbocycles. The Bertz CT molecular complexity index is 779. The number of piperidine rings is 1. The number of halogens is 1. The van der Waals surface area contributed by atoms with Crippen molar-refractivity contribution in [2.45, 2.75) is 45.7 Å². The zero-order chi connectivity index (χ0) is 18.8. The van der Waals surface area contributed by atoms with E-state index in [0.717, 1.165) is 31.5 Å². The lowest BCUT2D eigenvalue weighted by Crippen LogP contribution is -2.47. The summed E-state index contributed by atoms with van der Waals surface area (Å²) in [7, 11) is 1.88. The number of rotatable bonds is 4. The van der Waals surface area contributed by atoms with Gasteiger partial charge < -0.3 is 14.3 Å². The van der Waals surface area contributed by atoms with E-state index in [1.165, 1.54) is 0 Å². The molecule has 5 nitrogen and oxygen atoms in total. The number of benzene rings is 1. The van der Waals surface area contributed by atoms with Crippen LogP contribution in [0, 0.1) is 6.92 Å². The molecule has 1 aliphatic rings. The summed E-state index contributed by atoms with van der Waals surface area (Å²) in [4.78, 5) is 17.5. The van der Waals surface area contributed by atoms with E-state index in [1.807, 2.05) is 30.1 Å². The largest absolute Gasteiger partial charge is 0.360 e. The summed E-state index contributed by atoms with van der Waals surface area (Å²) >= 11 is 6.31. The molecular weight excluding hydrogens is 350 g/mol. The summed E-state index contributed by atoms with van der Waals surface area (Å²) in [5, 5.41) is 4.67. The summed E-state index contributed by atoms with van der Waals surface area (Å²) in [5.41, 5.74) is 1.74. The van der Waals surface area contributed by atoms with Crippen molar-refractivity contribution in [2.24, 2.45) is 0 Å². The van der Waals surface area contributed by atoms with Crippen LogP contribution in [-0.4, -0.2) is 53.1 Å². The van der Waals surface area contributed by atoms with Crippen molar-refractivity contribution in [1.29, 1.82) is 0 Å². The summed E-state index contributed by atoms with van der Waals surface area (Å²) in [5.74, 6) is 0.470. The number of hydrogen-bond donors (Lipinski definition) is 0. The molecule has 3 rings (SSSR count). The van der Waals surface area contributed by atoms with Crippen LogP contribution in [0.2, 0.25) is 5.02 Å². The normalized spacial score (nSPS) is 16.2. The van der Waals surface area contributed by atoms with Crippen LogP contribution in [0.15, 0.2) is 28.8 Å². The van der Waals surface area contributed by atoms with Crippen molar-refractivity contribution in [3.63, 3.8) is 0 Å². The zero-order valence-corrected chi connectivity index (χ0v) is 16.6. The second kappa shape index (κ2) is 7.80. The monoisotopic (exact) mass is 375 g/mol. The van der Waals surface area contributed by atoms with Gasteiger partial charge in [-0.1, -0.05) is 35.0 Å². The van der Waals surface area contributed by atoms with Gasteiger partial charge in [0.2, 0.25) is 0 Å². The van der Waals surface area contributed by atoms with Gasteiger partial charge in [0.15, 0.2) is 0 Å². The maximum absolute atomic E-state index is 13.2. The fourth-order valence-corrected chi connectivity index (χ4v) is 3.82. The second-order valence-electron chi connectivity index (χ2n) is 7.22. The van der Waals surface area contributed by atoms with Crippen molar-refractivity contribution >= 4 is 17.5 Å². The number of likely N-dealkylation sites (tertiary alicyclic amines) is 1. The molecule has 0 aliphatic carbocycles. The number of carbonyl (C=O) groups is 1. The molecule has 1 aromatic heterocycles. The van der Waals surface area contributed by atoms with E-state index in [0.29, 0.717) is 28.1 Å². The van der Waals surface area contributed by atoms with Crippen LogP contribution in [0.1, 0.15) is 42.8 Å². The molecule has 140 valence electrons. The number of aromatic nitrogens is 1. The van der Waals surface area contributed by atoms with Gasteiger partial charge in [-0.2, -0.15) is 0 Å². The minimum Gasteiger partial charge on any atom is -0.360 e. The first-order chi connectivity index (χ1) is 12.4. The van der Waals surface area contributed by atoms with Gasteiger partial charge in [0.05, 0.1) is 5.02 Å². The lowest BCUT2D eigenvalue weighted by atomic mass is 10.00. The van der Waals surface area contributed by atoms with Gasteiger partial charge in [0.25, 0.3) is 5.91 Å². The van der Waals surface area contributed by atoms with Gasteiger partial charge in [-0.25, -0.2) is 0 Å². The smallest absolute Gasteiger partial charge is 0.259 e. The van der Waals surface area contributed by atoms with Gasteiger partial charge in [0.1, 0.15) is 17.0 Å². The fourth-order valence-electron chi connectivity index (χ4n) is 3.59. The third kappa shape index (κ3) is 3.64. The maximum Gasteiger partial charge on any atom is 0.259 e. The van der Waals surface area contributed by atoms with Crippen LogP contribution in [0.25, 0.3) is 11.3 Å². The molecule has 1 fully saturated rings. The molecule has 1 saturated heterocycles. The van der Waals surface area contributed by atoms with Crippen LogP contribution in [0.5, 0.6) is 0 Å². The molecule has 2 heterocycles. The average molecular weight is 376 g/mol. The Labute approximate surface area is 159 Å². The van der Waals surface area contributed by atoms with E-state index in [9.17, 15) is 4.79 Å². The lowest BCUT2D eigenvalue weighted by molar-refractivity contribution is 0.0614. The summed E-state index contributed by atoms with van der Waals surface area (Å²) in [6, 6.07) is 8.16. The molecule has 0 N–H and O–H groups in total. The Morgan fingerprint density at radius 1 is 1.31 bits per heavy atom. The predicted molar refractivity (Wildman–Crippen MR) is 104 cm³/mol.